The second-order valence-electron chi connectivity index (χ2n) is 11.7. The Morgan fingerprint density at radius 3 is 2.39 bits per heavy atom. The molecular formula is C25H52N6O10. The second-order valence-corrected chi connectivity index (χ2v) is 11.7. The molecular weight excluding hydrogens is 544 g/mol. The lowest BCUT2D eigenvalue weighted by Gasteiger charge is -2.52. The van der Waals surface area contributed by atoms with Crippen molar-refractivity contribution in [3.05, 3.63) is 0 Å². The Kier molecular flexibility index (Phi) is 13.1. The molecule has 15 atom stereocenters. The zero-order valence-corrected chi connectivity index (χ0v) is 23.8. The van der Waals surface area contributed by atoms with E-state index < -0.39 is 90.9 Å². The van der Waals surface area contributed by atoms with E-state index in [-0.39, 0.29) is 32.7 Å². The third-order valence-corrected chi connectivity index (χ3v) is 8.50. The van der Waals surface area contributed by atoms with E-state index in [0.29, 0.717) is 19.5 Å². The van der Waals surface area contributed by atoms with Crippen LogP contribution >= 0.6 is 0 Å². The van der Waals surface area contributed by atoms with Crippen LogP contribution in [-0.2, 0) is 14.2 Å². The lowest BCUT2D eigenvalue weighted by atomic mass is 9.72. The Hall–Kier alpha value is -0.640. The Morgan fingerprint density at radius 1 is 1.05 bits per heavy atom. The molecule has 16 nitrogen and oxygen atoms in total. The molecule has 2 heterocycles. The van der Waals surface area contributed by atoms with Crippen molar-refractivity contribution in [3.63, 3.8) is 0 Å². The molecule has 2 unspecified atom stereocenters. The summed E-state index contributed by atoms with van der Waals surface area (Å²) in [5.74, 6) is -0.967. The van der Waals surface area contributed by atoms with Crippen molar-refractivity contribution in [2.45, 2.75) is 105 Å². The van der Waals surface area contributed by atoms with Gasteiger partial charge in [-0.3, -0.25) is 0 Å². The van der Waals surface area contributed by atoms with Crippen LogP contribution in [0.25, 0.3) is 0 Å². The van der Waals surface area contributed by atoms with E-state index in [1.54, 1.807) is 7.05 Å². The van der Waals surface area contributed by atoms with Gasteiger partial charge in [-0.1, -0.05) is 0 Å². The fraction of sp³-hybridized carbons (Fsp3) is 1.00. The quantitative estimate of drug-likeness (QED) is 0.0879. The average molecular weight is 597 g/mol. The SMILES string of the molecule is CN[C@@H]1[C@@H](O)[C@@H](O[C@H]2[C@H](NCC(O)CN)C[C@H](N)C([C@H]3O[C@H](CNCCCN)[C@@H](O)[C@H](O)[C@H]3O)[C@@H]2O)OC[C@]1(C)O. The summed E-state index contributed by atoms with van der Waals surface area (Å²) in [6.07, 6.45) is -11.7. The molecule has 242 valence electrons. The van der Waals surface area contributed by atoms with Crippen molar-refractivity contribution in [1.82, 2.24) is 16.0 Å². The van der Waals surface area contributed by atoms with E-state index in [2.05, 4.69) is 16.0 Å². The molecule has 0 spiro atoms. The van der Waals surface area contributed by atoms with Gasteiger partial charge in [-0.25, -0.2) is 0 Å². The first-order chi connectivity index (χ1) is 19.4. The number of rotatable bonds is 13. The topological polar surface area (TPSA) is 283 Å². The van der Waals surface area contributed by atoms with Gasteiger partial charge in [-0.15, -0.1) is 0 Å². The molecule has 0 amide bonds. The minimum absolute atomic E-state index is 0.00508. The van der Waals surface area contributed by atoms with Gasteiger partial charge in [0.1, 0.15) is 36.1 Å². The van der Waals surface area contributed by atoms with Crippen LogP contribution in [0.4, 0.5) is 0 Å². The molecule has 16 heteroatoms. The Labute approximate surface area is 240 Å². The number of hydrogen-bond donors (Lipinski definition) is 13. The summed E-state index contributed by atoms with van der Waals surface area (Å²) in [5.41, 5.74) is 16.2. The number of likely N-dealkylation sites (N-methyl/N-ethyl adjacent to an activating group) is 1. The van der Waals surface area contributed by atoms with Crippen LogP contribution in [0.1, 0.15) is 19.8 Å². The number of ether oxygens (including phenoxy) is 3. The van der Waals surface area contributed by atoms with Crippen molar-refractivity contribution in [1.29, 1.82) is 0 Å². The highest BCUT2D eigenvalue weighted by atomic mass is 16.7. The predicted molar refractivity (Wildman–Crippen MR) is 146 cm³/mol. The summed E-state index contributed by atoms with van der Waals surface area (Å²) >= 11 is 0. The molecule has 2 saturated heterocycles. The summed E-state index contributed by atoms with van der Waals surface area (Å²) < 4.78 is 17.9. The highest BCUT2D eigenvalue weighted by Crippen LogP contribution is 2.37. The first-order valence-corrected chi connectivity index (χ1v) is 14.4. The number of aliphatic hydroxyl groups is 7. The van der Waals surface area contributed by atoms with Crippen LogP contribution in [0.15, 0.2) is 0 Å². The molecule has 2 aliphatic heterocycles. The van der Waals surface area contributed by atoms with E-state index >= 15 is 0 Å². The van der Waals surface area contributed by atoms with Crippen molar-refractivity contribution in [3.8, 4) is 0 Å². The normalized spacial score (nSPS) is 46.4. The largest absolute Gasteiger partial charge is 0.390 e. The molecule has 16 N–H and O–H groups in total. The molecule has 0 aromatic rings. The fourth-order valence-electron chi connectivity index (χ4n) is 6.14. The van der Waals surface area contributed by atoms with Gasteiger partial charge >= 0.3 is 0 Å². The molecule has 1 aliphatic carbocycles. The summed E-state index contributed by atoms with van der Waals surface area (Å²) in [7, 11) is 1.58. The van der Waals surface area contributed by atoms with Crippen LogP contribution in [0.5, 0.6) is 0 Å². The highest BCUT2D eigenvalue weighted by Gasteiger charge is 2.55. The first-order valence-electron chi connectivity index (χ1n) is 14.4. The predicted octanol–water partition coefficient (Wildman–Crippen LogP) is -6.80. The zero-order valence-electron chi connectivity index (χ0n) is 23.8. The molecule has 0 aromatic carbocycles. The molecule has 3 fully saturated rings. The summed E-state index contributed by atoms with van der Waals surface area (Å²) in [5, 5.41) is 84.5. The van der Waals surface area contributed by atoms with Gasteiger partial charge in [-0.2, -0.15) is 0 Å². The maximum Gasteiger partial charge on any atom is 0.185 e. The third kappa shape index (κ3) is 8.10. The zero-order chi connectivity index (χ0) is 30.5. The van der Waals surface area contributed by atoms with Gasteiger partial charge in [0, 0.05) is 37.6 Å². The van der Waals surface area contributed by atoms with Gasteiger partial charge in [-0.05, 0) is 39.9 Å². The van der Waals surface area contributed by atoms with E-state index in [4.69, 9.17) is 31.4 Å². The van der Waals surface area contributed by atoms with Crippen LogP contribution in [-0.4, -0.2) is 167 Å². The highest BCUT2D eigenvalue weighted by molar-refractivity contribution is 5.07. The van der Waals surface area contributed by atoms with E-state index in [1.165, 1.54) is 6.92 Å². The maximum atomic E-state index is 11.7. The van der Waals surface area contributed by atoms with E-state index in [0.717, 1.165) is 0 Å². The number of nitrogens with two attached hydrogens (primary N) is 3. The standard InChI is InChI=1S/C25H52N6O10/c1-25(38)10-39-24(20(37)23(25)29-2)41-21-13(31-8-11(32)7-27)6-12(28)15(17(21)34)22-19(36)18(35)16(33)14(40-22)9-30-5-3-4-26/h11-24,29-38H,3-10,26-28H2,1-2H3/t11?,12-,13+,14+,15?,16+,17-,18-,19+,20+,21-,22+,23+,24+,25-/m0/s1. The van der Waals surface area contributed by atoms with Crippen molar-refractivity contribution in [2.75, 3.05) is 46.4 Å². The van der Waals surface area contributed by atoms with E-state index in [1.807, 2.05) is 0 Å². The van der Waals surface area contributed by atoms with Crippen LogP contribution in [0, 0.1) is 5.92 Å². The summed E-state index contributed by atoms with van der Waals surface area (Å²) in [6.45, 7) is 2.60. The van der Waals surface area contributed by atoms with Crippen LogP contribution in [0.2, 0.25) is 0 Å². The van der Waals surface area contributed by atoms with Gasteiger partial charge in [0.05, 0.1) is 37.1 Å². The minimum atomic E-state index is -1.57. The molecule has 0 aromatic heterocycles. The summed E-state index contributed by atoms with van der Waals surface area (Å²) in [6, 6.07) is -2.22. The van der Waals surface area contributed by atoms with Crippen LogP contribution in [0.3, 0.4) is 0 Å². The Bertz CT molecular complexity index is 789. The summed E-state index contributed by atoms with van der Waals surface area (Å²) in [4.78, 5) is 0. The fourth-order valence-corrected chi connectivity index (χ4v) is 6.14. The molecule has 3 rings (SSSR count). The average Bonchev–Trinajstić information content (AvgIpc) is 2.93. The van der Waals surface area contributed by atoms with Gasteiger partial charge in [0.25, 0.3) is 0 Å². The molecule has 1 saturated carbocycles. The third-order valence-electron chi connectivity index (χ3n) is 8.50. The van der Waals surface area contributed by atoms with E-state index in [9.17, 15) is 35.7 Å². The smallest absolute Gasteiger partial charge is 0.185 e. The molecule has 0 radical (unpaired) electrons. The second kappa shape index (κ2) is 15.4. The molecule has 3 aliphatic rings. The van der Waals surface area contributed by atoms with Gasteiger partial charge in [0.15, 0.2) is 6.29 Å². The van der Waals surface area contributed by atoms with Crippen molar-refractivity contribution < 1.29 is 50.0 Å². The number of nitrogens with one attached hydrogen (secondary N) is 3. The number of hydrogen-bond acceptors (Lipinski definition) is 16. The molecule has 41 heavy (non-hydrogen) atoms. The van der Waals surface area contributed by atoms with Crippen molar-refractivity contribution >= 4 is 0 Å². The lowest BCUT2D eigenvalue weighted by molar-refractivity contribution is -0.303. The monoisotopic (exact) mass is 596 g/mol. The lowest BCUT2D eigenvalue weighted by Crippen LogP contribution is -2.71. The first kappa shape index (κ1) is 34.8. The van der Waals surface area contributed by atoms with Gasteiger partial charge < -0.3 is 83.1 Å². The molecule has 0 bridgehead atoms. The van der Waals surface area contributed by atoms with Crippen molar-refractivity contribution in [2.24, 2.45) is 23.1 Å². The van der Waals surface area contributed by atoms with Crippen LogP contribution < -0.4 is 33.2 Å². The minimum Gasteiger partial charge on any atom is -0.390 e. The van der Waals surface area contributed by atoms with Gasteiger partial charge in [0.2, 0.25) is 0 Å². The maximum absolute atomic E-state index is 11.7. The Morgan fingerprint density at radius 2 is 1.76 bits per heavy atom. The Balaban J connectivity index is 1.84. The number of aliphatic hydroxyl groups excluding tert-OH is 6.